The van der Waals surface area contributed by atoms with E-state index in [1.165, 1.54) is 0 Å². The van der Waals surface area contributed by atoms with Crippen molar-refractivity contribution in [2.45, 2.75) is 13.3 Å². The van der Waals surface area contributed by atoms with Crippen LogP contribution in [-0.4, -0.2) is 13.7 Å². The molecule has 0 saturated carbocycles. The van der Waals surface area contributed by atoms with Gasteiger partial charge in [0.25, 0.3) is 0 Å². The fourth-order valence-corrected chi connectivity index (χ4v) is 1.19. The Balaban J connectivity index is 2.64. The fraction of sp³-hybridized carbons (Fsp3) is 0.333. The molecule has 0 aromatic heterocycles. The highest BCUT2D eigenvalue weighted by Crippen LogP contribution is 2.23. The molecular formula is C12H16FNO. The molecule has 0 saturated heterocycles. The van der Waals surface area contributed by atoms with Crippen LogP contribution >= 0.6 is 0 Å². The molecule has 0 aliphatic rings. The predicted octanol–water partition coefficient (Wildman–Crippen LogP) is 3.21. The minimum atomic E-state index is -0.343. The fourth-order valence-electron chi connectivity index (χ4n) is 1.19. The van der Waals surface area contributed by atoms with Crippen molar-refractivity contribution in [3.05, 3.63) is 36.2 Å². The molecule has 15 heavy (non-hydrogen) atoms. The average molecular weight is 209 g/mol. The van der Waals surface area contributed by atoms with Crippen molar-refractivity contribution in [1.29, 1.82) is 0 Å². The number of allylic oxidation sites excluding steroid dienone is 1. The Labute approximate surface area is 89.8 Å². The normalized spacial score (nSPS) is 10.6. The summed E-state index contributed by atoms with van der Waals surface area (Å²) >= 11 is 0. The Hall–Kier alpha value is -1.51. The van der Waals surface area contributed by atoms with Crippen molar-refractivity contribution in [2.24, 2.45) is 0 Å². The van der Waals surface area contributed by atoms with Crippen molar-refractivity contribution in [2.75, 3.05) is 19.0 Å². The smallest absolute Gasteiger partial charge is 0.188 e. The largest absolute Gasteiger partial charge is 0.486 e. The van der Waals surface area contributed by atoms with E-state index >= 15 is 0 Å². The van der Waals surface area contributed by atoms with Crippen LogP contribution in [0.3, 0.4) is 0 Å². The summed E-state index contributed by atoms with van der Waals surface area (Å²) < 4.78 is 18.9. The summed E-state index contributed by atoms with van der Waals surface area (Å²) in [5.41, 5.74) is 0.451. The Morgan fingerprint density at radius 1 is 1.40 bits per heavy atom. The molecule has 2 nitrogen and oxygen atoms in total. The Kier molecular flexibility index (Phi) is 4.68. The van der Waals surface area contributed by atoms with E-state index < -0.39 is 0 Å². The third-order valence-corrected chi connectivity index (χ3v) is 1.97. The molecule has 0 amide bonds. The number of ether oxygens (including phenoxy) is 1. The van der Waals surface area contributed by atoms with E-state index in [2.05, 4.69) is 5.32 Å². The van der Waals surface area contributed by atoms with Gasteiger partial charge in [-0.2, -0.15) is 0 Å². The summed E-state index contributed by atoms with van der Waals surface area (Å²) in [4.78, 5) is 0. The number of halogens is 1. The van der Waals surface area contributed by atoms with Gasteiger partial charge in [0.15, 0.2) is 11.6 Å². The van der Waals surface area contributed by atoms with Crippen LogP contribution in [0.25, 0.3) is 0 Å². The second-order valence-corrected chi connectivity index (χ2v) is 3.06. The first kappa shape index (κ1) is 11.6. The first-order valence-corrected chi connectivity index (χ1v) is 5.03. The molecule has 0 spiro atoms. The number of rotatable bonds is 5. The van der Waals surface area contributed by atoms with Crippen molar-refractivity contribution < 1.29 is 9.13 Å². The van der Waals surface area contributed by atoms with Gasteiger partial charge in [-0.3, -0.25) is 0 Å². The van der Waals surface area contributed by atoms with E-state index in [-0.39, 0.29) is 11.6 Å². The molecule has 0 aliphatic carbocycles. The molecule has 3 heteroatoms. The SMILES string of the molecule is CC/C=C/COc1cccc(NC)c1F. The molecule has 1 N–H and O–H groups in total. The van der Waals surface area contributed by atoms with Crippen LogP contribution in [0.4, 0.5) is 10.1 Å². The lowest BCUT2D eigenvalue weighted by atomic mass is 10.3. The first-order chi connectivity index (χ1) is 7.29. The molecule has 0 radical (unpaired) electrons. The molecular weight excluding hydrogens is 193 g/mol. The predicted molar refractivity (Wildman–Crippen MR) is 60.9 cm³/mol. The van der Waals surface area contributed by atoms with E-state index in [1.54, 1.807) is 25.2 Å². The summed E-state index contributed by atoms with van der Waals surface area (Å²) in [6.45, 7) is 2.44. The third kappa shape index (κ3) is 3.27. The lowest BCUT2D eigenvalue weighted by molar-refractivity contribution is 0.342. The topological polar surface area (TPSA) is 21.3 Å². The number of hydrogen-bond donors (Lipinski definition) is 1. The zero-order chi connectivity index (χ0) is 11.1. The molecule has 0 fully saturated rings. The second kappa shape index (κ2) is 6.06. The molecule has 0 unspecified atom stereocenters. The van der Waals surface area contributed by atoms with Gasteiger partial charge in [0, 0.05) is 7.05 Å². The van der Waals surface area contributed by atoms with Crippen molar-refractivity contribution in [1.82, 2.24) is 0 Å². The van der Waals surface area contributed by atoms with Crippen LogP contribution in [0.1, 0.15) is 13.3 Å². The van der Waals surface area contributed by atoms with Crippen molar-refractivity contribution in [3.63, 3.8) is 0 Å². The van der Waals surface area contributed by atoms with E-state index in [9.17, 15) is 4.39 Å². The quantitative estimate of drug-likeness (QED) is 0.752. The summed E-state index contributed by atoms with van der Waals surface area (Å²) in [6, 6.07) is 5.05. The van der Waals surface area contributed by atoms with Gasteiger partial charge >= 0.3 is 0 Å². The molecule has 1 aromatic carbocycles. The molecule has 0 atom stereocenters. The van der Waals surface area contributed by atoms with Crippen LogP contribution in [-0.2, 0) is 0 Å². The Bertz CT molecular complexity index is 336. The standard InChI is InChI=1S/C12H16FNO/c1-3-4-5-9-15-11-8-6-7-10(14-2)12(11)13/h4-8,14H,3,9H2,1-2H3/b5-4+. The lowest BCUT2D eigenvalue weighted by Crippen LogP contribution is -1.99. The summed E-state index contributed by atoms with van der Waals surface area (Å²) in [6.07, 6.45) is 4.83. The molecule has 0 bridgehead atoms. The molecule has 0 heterocycles. The number of hydrogen-bond acceptors (Lipinski definition) is 2. The maximum atomic E-state index is 13.6. The van der Waals surface area contributed by atoms with E-state index in [0.29, 0.717) is 12.3 Å². The third-order valence-electron chi connectivity index (χ3n) is 1.97. The average Bonchev–Trinajstić information content (AvgIpc) is 2.26. The molecule has 82 valence electrons. The highest BCUT2D eigenvalue weighted by atomic mass is 19.1. The van der Waals surface area contributed by atoms with Gasteiger partial charge in [0.2, 0.25) is 0 Å². The van der Waals surface area contributed by atoms with Crippen LogP contribution in [0.5, 0.6) is 5.75 Å². The van der Waals surface area contributed by atoms with Gasteiger partial charge in [-0.25, -0.2) is 4.39 Å². The molecule has 1 aromatic rings. The molecule has 0 aliphatic heterocycles. The zero-order valence-electron chi connectivity index (χ0n) is 9.09. The van der Waals surface area contributed by atoms with Crippen molar-refractivity contribution in [3.8, 4) is 5.75 Å². The number of benzene rings is 1. The van der Waals surface area contributed by atoms with E-state index in [4.69, 9.17) is 4.74 Å². The minimum Gasteiger partial charge on any atom is -0.486 e. The van der Waals surface area contributed by atoms with Gasteiger partial charge in [-0.15, -0.1) is 0 Å². The molecule has 1 rings (SSSR count). The summed E-state index contributed by atoms with van der Waals surface area (Å²) in [5.74, 6) is -0.0625. The number of nitrogens with one attached hydrogen (secondary N) is 1. The van der Waals surface area contributed by atoms with Gasteiger partial charge in [0.05, 0.1) is 5.69 Å². The first-order valence-electron chi connectivity index (χ1n) is 5.03. The summed E-state index contributed by atoms with van der Waals surface area (Å²) in [5, 5.41) is 2.76. The zero-order valence-corrected chi connectivity index (χ0v) is 9.09. The summed E-state index contributed by atoms with van der Waals surface area (Å²) in [7, 11) is 1.68. The highest BCUT2D eigenvalue weighted by molar-refractivity contribution is 5.49. The van der Waals surface area contributed by atoms with Gasteiger partial charge < -0.3 is 10.1 Å². The number of anilines is 1. The second-order valence-electron chi connectivity index (χ2n) is 3.06. The lowest BCUT2D eigenvalue weighted by Gasteiger charge is -2.07. The van der Waals surface area contributed by atoms with Crippen LogP contribution in [0.2, 0.25) is 0 Å². The maximum absolute atomic E-state index is 13.6. The Morgan fingerprint density at radius 2 is 2.20 bits per heavy atom. The van der Waals surface area contributed by atoms with E-state index in [1.807, 2.05) is 19.1 Å². The monoisotopic (exact) mass is 209 g/mol. The van der Waals surface area contributed by atoms with E-state index in [0.717, 1.165) is 6.42 Å². The van der Waals surface area contributed by atoms with Crippen LogP contribution < -0.4 is 10.1 Å². The van der Waals surface area contributed by atoms with Crippen LogP contribution in [0.15, 0.2) is 30.4 Å². The Morgan fingerprint density at radius 3 is 2.87 bits per heavy atom. The maximum Gasteiger partial charge on any atom is 0.188 e. The minimum absolute atomic E-state index is 0.280. The van der Waals surface area contributed by atoms with Crippen molar-refractivity contribution >= 4 is 5.69 Å². The van der Waals surface area contributed by atoms with Crippen LogP contribution in [0, 0.1) is 5.82 Å². The van der Waals surface area contributed by atoms with Gasteiger partial charge in [-0.1, -0.05) is 25.1 Å². The van der Waals surface area contributed by atoms with Gasteiger partial charge in [-0.05, 0) is 18.6 Å². The van der Waals surface area contributed by atoms with Gasteiger partial charge in [0.1, 0.15) is 6.61 Å². The highest BCUT2D eigenvalue weighted by Gasteiger charge is 2.06.